The molecular formula is C22H22N2O7. The average Bonchev–Trinajstić information content (AvgIpc) is 3.04. The zero-order valence-corrected chi connectivity index (χ0v) is 17.2. The highest BCUT2D eigenvalue weighted by atomic mass is 16.6. The predicted molar refractivity (Wildman–Crippen MR) is 112 cm³/mol. The smallest absolute Gasteiger partial charge is 0.416 e. The lowest BCUT2D eigenvalue weighted by Gasteiger charge is -2.25. The first-order chi connectivity index (χ1) is 14.5. The van der Waals surface area contributed by atoms with E-state index in [1.165, 1.54) is 18.5 Å². The number of ether oxygens (including phenoxy) is 1. The fraction of sp³-hybridized carbons (Fsp3) is 0.273. The molecule has 1 aromatic carbocycles. The van der Waals surface area contributed by atoms with Gasteiger partial charge in [0.2, 0.25) is 0 Å². The van der Waals surface area contributed by atoms with Crippen molar-refractivity contribution >= 4 is 28.9 Å². The first-order valence-electron chi connectivity index (χ1n) is 9.49. The number of esters is 1. The van der Waals surface area contributed by atoms with Gasteiger partial charge in [-0.2, -0.15) is 0 Å². The molecule has 0 fully saturated rings. The number of para-hydroxylation sites is 1. The van der Waals surface area contributed by atoms with E-state index in [4.69, 9.17) is 4.74 Å². The largest absolute Gasteiger partial charge is 0.477 e. The van der Waals surface area contributed by atoms with Crippen molar-refractivity contribution in [2.75, 3.05) is 0 Å². The van der Waals surface area contributed by atoms with Gasteiger partial charge in [-0.3, -0.25) is 9.36 Å². The van der Waals surface area contributed by atoms with Crippen molar-refractivity contribution in [2.24, 2.45) is 0 Å². The number of benzene rings is 1. The highest BCUT2D eigenvalue weighted by Crippen LogP contribution is 2.26. The van der Waals surface area contributed by atoms with Crippen LogP contribution in [0.3, 0.4) is 0 Å². The number of rotatable bonds is 5. The summed E-state index contributed by atoms with van der Waals surface area (Å²) in [4.78, 5) is 48.8. The molecule has 162 valence electrons. The molecule has 9 heteroatoms. The van der Waals surface area contributed by atoms with Crippen molar-refractivity contribution < 1.29 is 29.3 Å². The van der Waals surface area contributed by atoms with Gasteiger partial charge in [-0.15, -0.1) is 0 Å². The Labute approximate surface area is 177 Å². The van der Waals surface area contributed by atoms with Crippen molar-refractivity contribution in [3.8, 4) is 0 Å². The molecule has 2 aromatic heterocycles. The van der Waals surface area contributed by atoms with Gasteiger partial charge in [-0.1, -0.05) is 18.2 Å². The maximum Gasteiger partial charge on any atom is 0.416 e. The first kappa shape index (κ1) is 21.8. The van der Waals surface area contributed by atoms with Crippen LogP contribution in [-0.4, -0.2) is 43.0 Å². The molecule has 0 amide bonds. The van der Waals surface area contributed by atoms with E-state index < -0.39 is 40.8 Å². The number of carboxylic acid groups (broad SMARTS) is 2. The third-order valence-electron chi connectivity index (χ3n) is 4.63. The minimum atomic E-state index is -1.41. The number of carbonyl (C=O) groups is 3. The van der Waals surface area contributed by atoms with Gasteiger partial charge in [0.05, 0.1) is 5.52 Å². The number of nitrogens with zero attached hydrogens (tertiary/aromatic N) is 2. The molecule has 3 aromatic rings. The van der Waals surface area contributed by atoms with Crippen LogP contribution in [0.15, 0.2) is 53.6 Å². The van der Waals surface area contributed by atoms with Crippen LogP contribution in [0.1, 0.15) is 42.7 Å². The molecule has 31 heavy (non-hydrogen) atoms. The Bertz CT molecular complexity index is 1230. The Morgan fingerprint density at radius 1 is 1.06 bits per heavy atom. The van der Waals surface area contributed by atoms with E-state index in [1.54, 1.807) is 45.0 Å². The number of carboxylic acids is 1. The second kappa shape index (κ2) is 8.10. The Morgan fingerprint density at radius 3 is 2.35 bits per heavy atom. The van der Waals surface area contributed by atoms with E-state index in [9.17, 15) is 29.4 Å². The summed E-state index contributed by atoms with van der Waals surface area (Å²) in [7, 11) is 0. The molecule has 0 aliphatic rings. The number of carbonyl (C=O) groups excluding carboxylic acids is 1. The quantitative estimate of drug-likeness (QED) is 0.600. The lowest BCUT2D eigenvalue weighted by atomic mass is 10.0. The fourth-order valence-electron chi connectivity index (χ4n) is 3.36. The van der Waals surface area contributed by atoms with Gasteiger partial charge in [-0.25, -0.2) is 14.4 Å². The maximum absolute atomic E-state index is 13.0. The first-order valence-corrected chi connectivity index (χ1v) is 9.49. The van der Waals surface area contributed by atoms with Crippen molar-refractivity contribution in [1.29, 1.82) is 0 Å². The van der Waals surface area contributed by atoms with Crippen LogP contribution in [0.5, 0.6) is 0 Å². The summed E-state index contributed by atoms with van der Waals surface area (Å²) in [5.74, 6) is -2.14. The number of pyridine rings is 1. The van der Waals surface area contributed by atoms with E-state index in [2.05, 4.69) is 0 Å². The summed E-state index contributed by atoms with van der Waals surface area (Å²) in [6.45, 7) is 5.03. The van der Waals surface area contributed by atoms with E-state index in [0.717, 1.165) is 15.2 Å². The van der Waals surface area contributed by atoms with Gasteiger partial charge in [0.15, 0.2) is 0 Å². The molecule has 0 aliphatic heterocycles. The molecule has 3 rings (SSSR count). The van der Waals surface area contributed by atoms with Crippen molar-refractivity contribution in [2.45, 2.75) is 38.8 Å². The summed E-state index contributed by atoms with van der Waals surface area (Å²) < 4.78 is 7.53. The van der Waals surface area contributed by atoms with Crippen LogP contribution in [0.2, 0.25) is 0 Å². The predicted octanol–water partition coefficient (Wildman–Crippen LogP) is 3.15. The molecular weight excluding hydrogens is 404 g/mol. The minimum absolute atomic E-state index is 0.0707. The van der Waals surface area contributed by atoms with Crippen LogP contribution in [-0.2, 0) is 16.0 Å². The van der Waals surface area contributed by atoms with Crippen molar-refractivity contribution in [1.82, 2.24) is 9.13 Å². The topological polar surface area (TPSA) is 128 Å². The zero-order valence-electron chi connectivity index (χ0n) is 17.2. The number of aromatic nitrogens is 2. The summed E-state index contributed by atoms with van der Waals surface area (Å²) in [5.41, 5.74) is -1.25. The Kier molecular flexibility index (Phi) is 5.70. The Hall–Kier alpha value is -3.88. The monoisotopic (exact) mass is 426 g/mol. The summed E-state index contributed by atoms with van der Waals surface area (Å²) in [5, 5.41) is 19.4. The van der Waals surface area contributed by atoms with Crippen LogP contribution in [0.25, 0.3) is 10.9 Å². The second-order valence-corrected chi connectivity index (χ2v) is 8.02. The zero-order chi connectivity index (χ0) is 22.9. The number of hydrogen-bond donors (Lipinski definition) is 2. The molecule has 0 radical (unpaired) electrons. The molecule has 1 atom stereocenters. The second-order valence-electron chi connectivity index (χ2n) is 8.02. The molecule has 0 saturated carbocycles. The molecule has 2 heterocycles. The van der Waals surface area contributed by atoms with Crippen molar-refractivity contribution in [3.05, 3.63) is 70.3 Å². The third-order valence-corrected chi connectivity index (χ3v) is 4.63. The van der Waals surface area contributed by atoms with Crippen LogP contribution in [0, 0.1) is 0 Å². The number of fused-ring (bicyclic) bond motifs is 1. The lowest BCUT2D eigenvalue weighted by Crippen LogP contribution is -2.37. The fourth-order valence-corrected chi connectivity index (χ4v) is 3.36. The third kappa shape index (κ3) is 4.50. The van der Waals surface area contributed by atoms with Gasteiger partial charge >= 0.3 is 18.0 Å². The van der Waals surface area contributed by atoms with E-state index >= 15 is 0 Å². The van der Waals surface area contributed by atoms with Gasteiger partial charge < -0.3 is 19.5 Å². The van der Waals surface area contributed by atoms with Gasteiger partial charge in [-0.05, 0) is 44.5 Å². The molecule has 9 nitrogen and oxygen atoms in total. The van der Waals surface area contributed by atoms with Crippen LogP contribution in [0.4, 0.5) is 4.79 Å². The summed E-state index contributed by atoms with van der Waals surface area (Å²) in [6, 6.07) is 8.10. The van der Waals surface area contributed by atoms with E-state index in [0.29, 0.717) is 16.5 Å². The maximum atomic E-state index is 13.0. The molecule has 2 N–H and O–H groups in total. The molecule has 0 aliphatic carbocycles. The van der Waals surface area contributed by atoms with Gasteiger partial charge in [0.25, 0.3) is 5.56 Å². The van der Waals surface area contributed by atoms with Crippen LogP contribution >= 0.6 is 0 Å². The molecule has 0 spiro atoms. The van der Waals surface area contributed by atoms with Gasteiger partial charge in [0.1, 0.15) is 17.2 Å². The van der Waals surface area contributed by atoms with E-state index in [-0.39, 0.29) is 6.42 Å². The van der Waals surface area contributed by atoms with Gasteiger partial charge in [0, 0.05) is 24.2 Å². The van der Waals surface area contributed by atoms with E-state index in [1.807, 2.05) is 0 Å². The normalized spacial score (nSPS) is 12.5. The minimum Gasteiger partial charge on any atom is -0.477 e. The lowest BCUT2D eigenvalue weighted by molar-refractivity contribution is -0.159. The Balaban J connectivity index is 2.16. The standard InChI is InChI=1S/C22H22N2O7/c1-22(2,3)31-20(28)17(23-10-6-8-15(18(23)25)19(26)27)11-13-12-24(21(29)30)16-9-5-4-7-14(13)16/h4-10,12,17H,11H2,1-3H3,(H,26,27)(H,29,30)/t17-/m0/s1. The average molecular weight is 426 g/mol. The Morgan fingerprint density at radius 2 is 1.74 bits per heavy atom. The summed E-state index contributed by atoms with van der Waals surface area (Å²) >= 11 is 0. The molecule has 0 bridgehead atoms. The highest BCUT2D eigenvalue weighted by Gasteiger charge is 2.30. The number of aromatic carboxylic acids is 1. The number of hydrogen-bond acceptors (Lipinski definition) is 5. The van der Waals surface area contributed by atoms with Crippen molar-refractivity contribution in [3.63, 3.8) is 0 Å². The molecule has 0 saturated heterocycles. The van der Waals surface area contributed by atoms with Crippen LogP contribution < -0.4 is 5.56 Å². The molecule has 0 unspecified atom stereocenters. The summed E-state index contributed by atoms with van der Waals surface area (Å²) in [6.07, 6.45) is 1.44. The highest BCUT2D eigenvalue weighted by molar-refractivity contribution is 5.92. The SMILES string of the molecule is CC(C)(C)OC(=O)[C@H](Cc1cn(C(=O)O)c2ccccc12)n1cccc(C(=O)O)c1=O.